The van der Waals surface area contributed by atoms with E-state index in [9.17, 15) is 14.4 Å². The molecule has 176 valence electrons. The quantitative estimate of drug-likeness (QED) is 0.488. The number of nitrogens with zero attached hydrogens (tertiary/aromatic N) is 1. The molecule has 7 nitrogen and oxygen atoms in total. The Hall–Kier alpha value is -3.35. The van der Waals surface area contributed by atoms with E-state index < -0.39 is 29.2 Å². The molecule has 0 unspecified atom stereocenters. The molecule has 2 aromatic carbocycles. The van der Waals surface area contributed by atoms with Crippen LogP contribution in [0, 0.1) is 5.41 Å². The Bertz CT molecular complexity index is 1010. The van der Waals surface area contributed by atoms with Crippen molar-refractivity contribution in [1.82, 2.24) is 10.2 Å². The monoisotopic (exact) mass is 452 g/mol. The largest absolute Gasteiger partial charge is 0.469 e. The number of hydrogen-bond donors (Lipinski definition) is 1. The van der Waals surface area contributed by atoms with Crippen molar-refractivity contribution in [2.45, 2.75) is 65.8 Å². The van der Waals surface area contributed by atoms with Crippen molar-refractivity contribution in [1.29, 1.82) is 0 Å². The summed E-state index contributed by atoms with van der Waals surface area (Å²) in [7, 11) is 0. The van der Waals surface area contributed by atoms with E-state index in [1.807, 2.05) is 44.2 Å². The van der Waals surface area contributed by atoms with E-state index >= 15 is 0 Å². The van der Waals surface area contributed by atoms with Crippen molar-refractivity contribution in [3.63, 3.8) is 0 Å². The summed E-state index contributed by atoms with van der Waals surface area (Å²) < 4.78 is 11.5. The molecule has 0 bridgehead atoms. The molecule has 33 heavy (non-hydrogen) atoms. The number of benzene rings is 2. The van der Waals surface area contributed by atoms with Gasteiger partial charge >= 0.3 is 12.0 Å². The molecule has 0 spiro atoms. The van der Waals surface area contributed by atoms with Crippen LogP contribution in [0.5, 0.6) is 5.75 Å². The highest BCUT2D eigenvalue weighted by Gasteiger charge is 2.61. The Morgan fingerprint density at radius 1 is 1.09 bits per heavy atom. The first kappa shape index (κ1) is 24.3. The summed E-state index contributed by atoms with van der Waals surface area (Å²) in [6, 6.07) is 15.2. The van der Waals surface area contributed by atoms with E-state index in [4.69, 9.17) is 9.47 Å². The minimum atomic E-state index is -0.822. The SMILES string of the molecule is CC[C@@]1(C)C(=O)N(C(=O)N[C@H](C)c2ccccc2)[C@@H]1Oc1ccc(C(=O)OC(C)(C)C)cc1. The van der Waals surface area contributed by atoms with Crippen molar-refractivity contribution in [2.24, 2.45) is 5.41 Å². The van der Waals surface area contributed by atoms with E-state index in [1.54, 1.807) is 52.0 Å². The van der Waals surface area contributed by atoms with Crippen LogP contribution in [0.3, 0.4) is 0 Å². The summed E-state index contributed by atoms with van der Waals surface area (Å²) in [5, 5.41) is 2.88. The van der Waals surface area contributed by atoms with Crippen LogP contribution in [0.2, 0.25) is 0 Å². The lowest BCUT2D eigenvalue weighted by atomic mass is 9.76. The summed E-state index contributed by atoms with van der Waals surface area (Å²) >= 11 is 0. The lowest BCUT2D eigenvalue weighted by Crippen LogP contribution is -2.72. The third-order valence-corrected chi connectivity index (χ3v) is 5.82. The van der Waals surface area contributed by atoms with Gasteiger partial charge in [-0.25, -0.2) is 14.5 Å². The summed E-state index contributed by atoms with van der Waals surface area (Å²) in [6.45, 7) is 11.0. The molecule has 1 saturated heterocycles. The smallest absolute Gasteiger partial charge is 0.338 e. The Balaban J connectivity index is 1.73. The predicted octanol–water partition coefficient (Wildman–Crippen LogP) is 5.08. The second-order valence-corrected chi connectivity index (χ2v) is 9.52. The fraction of sp³-hybridized carbons (Fsp3) is 0.423. The average molecular weight is 453 g/mol. The molecule has 3 amide bonds. The molecule has 1 heterocycles. The summed E-state index contributed by atoms with van der Waals surface area (Å²) in [5.41, 5.74) is -0.0811. The highest BCUT2D eigenvalue weighted by molar-refractivity contribution is 6.03. The van der Waals surface area contributed by atoms with Crippen LogP contribution >= 0.6 is 0 Å². The van der Waals surface area contributed by atoms with Gasteiger partial charge in [0.2, 0.25) is 5.91 Å². The Morgan fingerprint density at radius 2 is 1.70 bits per heavy atom. The molecule has 1 N–H and O–H groups in total. The van der Waals surface area contributed by atoms with Crippen molar-refractivity contribution in [3.8, 4) is 5.75 Å². The number of rotatable bonds is 6. The van der Waals surface area contributed by atoms with Crippen molar-refractivity contribution < 1.29 is 23.9 Å². The first-order valence-corrected chi connectivity index (χ1v) is 11.2. The third kappa shape index (κ3) is 5.18. The van der Waals surface area contributed by atoms with Gasteiger partial charge in [-0.05, 0) is 70.9 Å². The average Bonchev–Trinajstić information content (AvgIpc) is 2.77. The number of carbonyl (C=O) groups excluding carboxylic acids is 3. The van der Waals surface area contributed by atoms with Crippen molar-refractivity contribution in [3.05, 3.63) is 65.7 Å². The second kappa shape index (κ2) is 9.25. The minimum absolute atomic E-state index is 0.270. The molecule has 3 atom stereocenters. The summed E-state index contributed by atoms with van der Waals surface area (Å²) in [5.74, 6) is -0.256. The van der Waals surface area contributed by atoms with Crippen LogP contribution in [-0.4, -0.2) is 34.6 Å². The standard InChI is InChI=1S/C26H32N2O5/c1-7-26(6)22(30)28(24(31)27-17(2)18-11-9-8-10-12-18)23(26)32-20-15-13-19(14-16-20)21(29)33-25(3,4)5/h8-17,23H,7H2,1-6H3,(H,27,31)/t17-,23-,26+/m1/s1. The number of amides is 3. The van der Waals surface area contributed by atoms with Crippen LogP contribution in [0.25, 0.3) is 0 Å². The highest BCUT2D eigenvalue weighted by atomic mass is 16.6. The van der Waals surface area contributed by atoms with E-state index in [1.165, 1.54) is 0 Å². The highest BCUT2D eigenvalue weighted by Crippen LogP contribution is 2.43. The Labute approximate surface area is 195 Å². The normalized spacial score (nSPS) is 21.1. The number of carbonyl (C=O) groups is 3. The number of hydrogen-bond acceptors (Lipinski definition) is 5. The third-order valence-electron chi connectivity index (χ3n) is 5.82. The molecule has 1 aliphatic heterocycles. The lowest BCUT2D eigenvalue weighted by Gasteiger charge is -2.51. The van der Waals surface area contributed by atoms with Crippen LogP contribution in [-0.2, 0) is 9.53 Å². The number of urea groups is 1. The molecule has 0 aromatic heterocycles. The lowest BCUT2D eigenvalue weighted by molar-refractivity contribution is -0.186. The Morgan fingerprint density at radius 3 is 2.24 bits per heavy atom. The number of β-lactam (4-membered cyclic amide) rings is 1. The van der Waals surface area contributed by atoms with Gasteiger partial charge in [0.15, 0.2) is 6.23 Å². The van der Waals surface area contributed by atoms with Gasteiger partial charge in [0, 0.05) is 0 Å². The number of esters is 1. The number of ether oxygens (including phenoxy) is 2. The molecule has 0 radical (unpaired) electrons. The van der Waals surface area contributed by atoms with Gasteiger partial charge in [-0.1, -0.05) is 37.3 Å². The number of imide groups is 1. The van der Waals surface area contributed by atoms with Gasteiger partial charge < -0.3 is 14.8 Å². The van der Waals surface area contributed by atoms with Crippen molar-refractivity contribution >= 4 is 17.9 Å². The van der Waals surface area contributed by atoms with Gasteiger partial charge in [-0.3, -0.25) is 4.79 Å². The Kier molecular flexibility index (Phi) is 6.81. The van der Waals surface area contributed by atoms with E-state index in [0.717, 1.165) is 10.5 Å². The molecule has 0 aliphatic carbocycles. The molecule has 1 aliphatic rings. The summed E-state index contributed by atoms with van der Waals surface area (Å²) in [6.07, 6.45) is -0.241. The molecular formula is C26H32N2O5. The number of likely N-dealkylation sites (tertiary alicyclic amines) is 1. The molecule has 3 rings (SSSR count). The van der Waals surface area contributed by atoms with Gasteiger partial charge in [-0.2, -0.15) is 0 Å². The molecule has 2 aromatic rings. The second-order valence-electron chi connectivity index (χ2n) is 9.52. The van der Waals surface area contributed by atoms with E-state index in [2.05, 4.69) is 5.32 Å². The zero-order chi connectivity index (χ0) is 24.4. The van der Waals surface area contributed by atoms with Crippen LogP contribution in [0.1, 0.15) is 69.9 Å². The first-order valence-electron chi connectivity index (χ1n) is 11.2. The van der Waals surface area contributed by atoms with Gasteiger partial charge in [0.1, 0.15) is 16.8 Å². The van der Waals surface area contributed by atoms with Gasteiger partial charge in [0.25, 0.3) is 0 Å². The topological polar surface area (TPSA) is 84.9 Å². The summed E-state index contributed by atoms with van der Waals surface area (Å²) in [4.78, 5) is 39.2. The van der Waals surface area contributed by atoms with Crippen LogP contribution in [0.4, 0.5) is 4.79 Å². The van der Waals surface area contributed by atoms with Gasteiger partial charge in [0.05, 0.1) is 11.6 Å². The zero-order valence-corrected chi connectivity index (χ0v) is 20.0. The van der Waals surface area contributed by atoms with Crippen molar-refractivity contribution in [2.75, 3.05) is 0 Å². The van der Waals surface area contributed by atoms with Crippen LogP contribution < -0.4 is 10.1 Å². The van der Waals surface area contributed by atoms with E-state index in [0.29, 0.717) is 17.7 Å². The molecule has 0 saturated carbocycles. The molecular weight excluding hydrogens is 420 g/mol. The van der Waals surface area contributed by atoms with Crippen LogP contribution in [0.15, 0.2) is 54.6 Å². The maximum Gasteiger partial charge on any atom is 0.338 e. The van der Waals surface area contributed by atoms with Gasteiger partial charge in [-0.15, -0.1) is 0 Å². The molecule has 7 heteroatoms. The predicted molar refractivity (Wildman–Crippen MR) is 125 cm³/mol. The minimum Gasteiger partial charge on any atom is -0.469 e. The maximum atomic E-state index is 13.0. The fourth-order valence-corrected chi connectivity index (χ4v) is 3.63. The first-order chi connectivity index (χ1) is 15.5. The number of nitrogens with one attached hydrogen (secondary N) is 1. The zero-order valence-electron chi connectivity index (χ0n) is 20.0. The van der Waals surface area contributed by atoms with E-state index in [-0.39, 0.29) is 11.9 Å². The fourth-order valence-electron chi connectivity index (χ4n) is 3.63. The molecule has 1 fully saturated rings. The maximum absolute atomic E-state index is 13.0.